The van der Waals surface area contributed by atoms with Crippen molar-refractivity contribution in [2.75, 3.05) is 13.7 Å². The predicted molar refractivity (Wildman–Crippen MR) is 67.0 cm³/mol. The summed E-state index contributed by atoms with van der Waals surface area (Å²) >= 11 is 0. The maximum absolute atomic E-state index is 10.7. The SMILES string of the molecule is C=CC[C@H](C=O)COCc1ccc(OC)cc1. The molecule has 0 radical (unpaired) electrons. The second-order valence-corrected chi connectivity index (χ2v) is 3.78. The van der Waals surface area contributed by atoms with Crippen molar-refractivity contribution in [2.45, 2.75) is 13.0 Å². The summed E-state index contributed by atoms with van der Waals surface area (Å²) in [6.45, 7) is 4.54. The van der Waals surface area contributed by atoms with Gasteiger partial charge in [-0.05, 0) is 24.1 Å². The third kappa shape index (κ3) is 4.83. The topological polar surface area (TPSA) is 35.5 Å². The van der Waals surface area contributed by atoms with E-state index in [0.29, 0.717) is 19.6 Å². The Morgan fingerprint density at radius 3 is 2.59 bits per heavy atom. The second kappa shape index (κ2) is 7.63. The molecular formula is C14H18O3. The smallest absolute Gasteiger partial charge is 0.125 e. The monoisotopic (exact) mass is 234 g/mol. The normalized spacial score (nSPS) is 11.8. The molecule has 0 saturated carbocycles. The van der Waals surface area contributed by atoms with Crippen LogP contribution in [0.1, 0.15) is 12.0 Å². The van der Waals surface area contributed by atoms with Gasteiger partial charge in [-0.1, -0.05) is 18.2 Å². The predicted octanol–water partition coefficient (Wildman–Crippen LogP) is 2.60. The number of aldehydes is 1. The van der Waals surface area contributed by atoms with Gasteiger partial charge in [-0.2, -0.15) is 0 Å². The molecule has 0 aromatic heterocycles. The quantitative estimate of drug-likeness (QED) is 0.512. The Hall–Kier alpha value is -1.61. The molecule has 92 valence electrons. The first kappa shape index (κ1) is 13.5. The van der Waals surface area contributed by atoms with E-state index in [1.165, 1.54) is 0 Å². The minimum Gasteiger partial charge on any atom is -0.497 e. The van der Waals surface area contributed by atoms with Crippen molar-refractivity contribution in [1.82, 2.24) is 0 Å². The van der Waals surface area contributed by atoms with E-state index in [-0.39, 0.29) is 5.92 Å². The summed E-state index contributed by atoms with van der Waals surface area (Å²) in [5, 5.41) is 0. The lowest BCUT2D eigenvalue weighted by atomic mass is 10.1. The van der Waals surface area contributed by atoms with E-state index in [9.17, 15) is 4.79 Å². The fourth-order valence-electron chi connectivity index (χ4n) is 1.43. The Kier molecular flexibility index (Phi) is 6.04. The molecule has 0 aliphatic carbocycles. The van der Waals surface area contributed by atoms with Crippen LogP contribution in [0.25, 0.3) is 0 Å². The number of carbonyl (C=O) groups is 1. The van der Waals surface area contributed by atoms with E-state index in [2.05, 4.69) is 6.58 Å². The van der Waals surface area contributed by atoms with E-state index >= 15 is 0 Å². The van der Waals surface area contributed by atoms with Gasteiger partial charge in [0.05, 0.1) is 20.3 Å². The molecule has 3 nitrogen and oxygen atoms in total. The molecule has 1 aromatic rings. The maximum Gasteiger partial charge on any atom is 0.125 e. The van der Waals surface area contributed by atoms with Crippen LogP contribution in [0.5, 0.6) is 5.75 Å². The highest BCUT2D eigenvalue weighted by atomic mass is 16.5. The van der Waals surface area contributed by atoms with Crippen molar-refractivity contribution < 1.29 is 14.3 Å². The molecule has 17 heavy (non-hydrogen) atoms. The molecule has 0 saturated heterocycles. The van der Waals surface area contributed by atoms with Crippen LogP contribution in [-0.4, -0.2) is 20.0 Å². The fraction of sp³-hybridized carbons (Fsp3) is 0.357. The lowest BCUT2D eigenvalue weighted by molar-refractivity contribution is -0.112. The van der Waals surface area contributed by atoms with Gasteiger partial charge in [0.25, 0.3) is 0 Å². The van der Waals surface area contributed by atoms with Gasteiger partial charge in [-0.15, -0.1) is 6.58 Å². The Morgan fingerprint density at radius 1 is 1.35 bits per heavy atom. The van der Waals surface area contributed by atoms with Crippen LogP contribution >= 0.6 is 0 Å². The third-order valence-corrected chi connectivity index (χ3v) is 2.42. The van der Waals surface area contributed by atoms with Crippen molar-refractivity contribution >= 4 is 6.29 Å². The molecule has 0 spiro atoms. The summed E-state index contributed by atoms with van der Waals surface area (Å²) in [5.74, 6) is 0.733. The van der Waals surface area contributed by atoms with E-state index in [0.717, 1.165) is 17.6 Å². The highest BCUT2D eigenvalue weighted by molar-refractivity contribution is 5.53. The van der Waals surface area contributed by atoms with Crippen molar-refractivity contribution in [3.63, 3.8) is 0 Å². The minimum absolute atomic E-state index is 0.0919. The summed E-state index contributed by atoms with van der Waals surface area (Å²) in [6.07, 6.45) is 3.30. The molecule has 3 heteroatoms. The third-order valence-electron chi connectivity index (χ3n) is 2.42. The maximum atomic E-state index is 10.7. The van der Waals surface area contributed by atoms with Crippen LogP contribution in [0.15, 0.2) is 36.9 Å². The van der Waals surface area contributed by atoms with Gasteiger partial charge >= 0.3 is 0 Å². The molecular weight excluding hydrogens is 216 g/mol. The van der Waals surface area contributed by atoms with Crippen molar-refractivity contribution in [1.29, 1.82) is 0 Å². The van der Waals surface area contributed by atoms with E-state index in [1.54, 1.807) is 13.2 Å². The van der Waals surface area contributed by atoms with Gasteiger partial charge in [0.1, 0.15) is 12.0 Å². The van der Waals surface area contributed by atoms with Crippen molar-refractivity contribution in [3.8, 4) is 5.75 Å². The number of rotatable bonds is 8. The molecule has 0 heterocycles. The first-order chi connectivity index (χ1) is 8.30. The van der Waals surface area contributed by atoms with Crippen LogP contribution < -0.4 is 4.74 Å². The average Bonchev–Trinajstić information content (AvgIpc) is 2.38. The lowest BCUT2D eigenvalue weighted by Crippen LogP contribution is -2.10. The second-order valence-electron chi connectivity index (χ2n) is 3.78. The highest BCUT2D eigenvalue weighted by Crippen LogP contribution is 2.12. The Labute approximate surface area is 102 Å². The highest BCUT2D eigenvalue weighted by Gasteiger charge is 2.05. The molecule has 0 bridgehead atoms. The zero-order chi connectivity index (χ0) is 12.5. The van der Waals surface area contributed by atoms with E-state index < -0.39 is 0 Å². The van der Waals surface area contributed by atoms with Crippen molar-refractivity contribution in [3.05, 3.63) is 42.5 Å². The Balaban J connectivity index is 2.34. The fourth-order valence-corrected chi connectivity index (χ4v) is 1.43. The molecule has 0 amide bonds. The van der Waals surface area contributed by atoms with Crippen LogP contribution in [-0.2, 0) is 16.1 Å². The van der Waals surface area contributed by atoms with Gasteiger partial charge in [-0.25, -0.2) is 0 Å². The van der Waals surface area contributed by atoms with Crippen LogP contribution in [0.2, 0.25) is 0 Å². The molecule has 0 aliphatic rings. The standard InChI is InChI=1S/C14H18O3/c1-3-4-13(9-15)11-17-10-12-5-7-14(16-2)8-6-12/h3,5-9,13H,1,4,10-11H2,2H3/t13-/m1/s1. The molecule has 1 atom stereocenters. The number of methoxy groups -OCH3 is 1. The summed E-state index contributed by atoms with van der Waals surface area (Å²) in [5.41, 5.74) is 1.06. The van der Waals surface area contributed by atoms with Crippen LogP contribution in [0, 0.1) is 5.92 Å². The molecule has 0 fully saturated rings. The average molecular weight is 234 g/mol. The van der Waals surface area contributed by atoms with E-state index in [1.807, 2.05) is 24.3 Å². The van der Waals surface area contributed by atoms with Crippen molar-refractivity contribution in [2.24, 2.45) is 5.92 Å². The van der Waals surface area contributed by atoms with Crippen LogP contribution in [0.3, 0.4) is 0 Å². The lowest BCUT2D eigenvalue weighted by Gasteiger charge is -2.09. The van der Waals surface area contributed by atoms with Gasteiger partial charge in [0, 0.05) is 5.92 Å². The van der Waals surface area contributed by atoms with Gasteiger partial charge in [0.2, 0.25) is 0 Å². The van der Waals surface area contributed by atoms with E-state index in [4.69, 9.17) is 9.47 Å². The number of hydrogen-bond acceptors (Lipinski definition) is 3. The number of ether oxygens (including phenoxy) is 2. The molecule has 0 unspecified atom stereocenters. The number of carbonyl (C=O) groups excluding carboxylic acids is 1. The molecule has 0 aliphatic heterocycles. The first-order valence-electron chi connectivity index (χ1n) is 5.57. The summed E-state index contributed by atoms with van der Waals surface area (Å²) < 4.78 is 10.5. The van der Waals surface area contributed by atoms with Crippen LogP contribution in [0.4, 0.5) is 0 Å². The summed E-state index contributed by atoms with van der Waals surface area (Å²) in [4.78, 5) is 10.7. The first-order valence-corrected chi connectivity index (χ1v) is 5.57. The minimum atomic E-state index is -0.0919. The number of allylic oxidation sites excluding steroid dienone is 1. The van der Waals surface area contributed by atoms with Gasteiger partial charge < -0.3 is 14.3 Å². The van der Waals surface area contributed by atoms with Gasteiger partial charge in [0.15, 0.2) is 0 Å². The summed E-state index contributed by atoms with van der Waals surface area (Å²) in [7, 11) is 1.63. The zero-order valence-electron chi connectivity index (χ0n) is 10.1. The molecule has 1 rings (SSSR count). The molecule has 1 aromatic carbocycles. The summed E-state index contributed by atoms with van der Waals surface area (Å²) in [6, 6.07) is 7.67. The van der Waals surface area contributed by atoms with Gasteiger partial charge in [-0.3, -0.25) is 0 Å². The Morgan fingerprint density at radius 2 is 2.06 bits per heavy atom. The number of benzene rings is 1. The zero-order valence-corrected chi connectivity index (χ0v) is 10.1. The number of hydrogen-bond donors (Lipinski definition) is 0. The Bertz CT molecular complexity index is 343. The largest absolute Gasteiger partial charge is 0.497 e. The molecule has 0 N–H and O–H groups in total.